The number of nitrogen functional groups attached to an aromatic ring is 1. The van der Waals surface area contributed by atoms with Crippen LogP contribution in [0.15, 0.2) is 47.4 Å². The molecule has 2 aromatic rings. The molecular weight excluding hydrogens is 288 g/mol. The highest BCUT2D eigenvalue weighted by molar-refractivity contribution is 7.92. The molecule has 2 aromatic carbocycles. The van der Waals surface area contributed by atoms with Gasteiger partial charge in [-0.3, -0.25) is 9.52 Å². The largest absolute Gasteiger partial charge is 0.399 e. The monoisotopic (exact) mass is 304 g/mol. The normalized spacial score (nSPS) is 11.1. The molecule has 0 unspecified atom stereocenters. The summed E-state index contributed by atoms with van der Waals surface area (Å²) in [5.41, 5.74) is 7.70. The maximum atomic E-state index is 12.3. The Morgan fingerprint density at radius 2 is 1.86 bits per heavy atom. The fourth-order valence-electron chi connectivity index (χ4n) is 1.83. The lowest BCUT2D eigenvalue weighted by Gasteiger charge is -2.10. The van der Waals surface area contributed by atoms with Crippen LogP contribution in [0.1, 0.15) is 22.8 Å². The van der Waals surface area contributed by atoms with Crippen molar-refractivity contribution in [3.8, 4) is 0 Å². The van der Waals surface area contributed by atoms with Crippen molar-refractivity contribution in [3.63, 3.8) is 0 Å². The van der Waals surface area contributed by atoms with Crippen molar-refractivity contribution >= 4 is 27.2 Å². The zero-order valence-electron chi connectivity index (χ0n) is 11.8. The van der Waals surface area contributed by atoms with Gasteiger partial charge in [0.1, 0.15) is 0 Å². The summed E-state index contributed by atoms with van der Waals surface area (Å²) < 4.78 is 27.1. The minimum absolute atomic E-state index is 0.126. The van der Waals surface area contributed by atoms with Gasteiger partial charge in [0.05, 0.1) is 4.90 Å². The molecule has 21 heavy (non-hydrogen) atoms. The standard InChI is InChI=1S/C15H16N2O3S/c1-10-8-14(6-7-15(10)16)21(19,20)17-13-5-3-4-12(9-13)11(2)18/h3-9,17H,16H2,1-2H3. The van der Waals surface area contributed by atoms with Gasteiger partial charge in [0.2, 0.25) is 0 Å². The third kappa shape index (κ3) is 3.41. The summed E-state index contributed by atoms with van der Waals surface area (Å²) in [5.74, 6) is -0.126. The SMILES string of the molecule is CC(=O)c1cccc(NS(=O)(=O)c2ccc(N)c(C)c2)c1. The van der Waals surface area contributed by atoms with E-state index >= 15 is 0 Å². The topological polar surface area (TPSA) is 89.3 Å². The molecule has 0 aliphatic rings. The van der Waals surface area contributed by atoms with Crippen LogP contribution in [0.5, 0.6) is 0 Å². The number of nitrogens with one attached hydrogen (secondary N) is 1. The highest BCUT2D eigenvalue weighted by Gasteiger charge is 2.15. The van der Waals surface area contributed by atoms with Crippen molar-refractivity contribution < 1.29 is 13.2 Å². The number of anilines is 2. The number of aryl methyl sites for hydroxylation is 1. The quantitative estimate of drug-likeness (QED) is 0.671. The molecule has 0 aliphatic heterocycles. The molecule has 3 N–H and O–H groups in total. The number of ketones is 1. The number of hydrogen-bond donors (Lipinski definition) is 2. The summed E-state index contributed by atoms with van der Waals surface area (Å²) >= 11 is 0. The average molecular weight is 304 g/mol. The molecule has 0 fully saturated rings. The summed E-state index contributed by atoms with van der Waals surface area (Å²) in [6.07, 6.45) is 0. The minimum atomic E-state index is -3.71. The van der Waals surface area contributed by atoms with Gasteiger partial charge in [-0.05, 0) is 49.7 Å². The average Bonchev–Trinajstić information content (AvgIpc) is 2.41. The van der Waals surface area contributed by atoms with E-state index in [1.165, 1.54) is 25.1 Å². The van der Waals surface area contributed by atoms with Gasteiger partial charge in [0.15, 0.2) is 5.78 Å². The molecule has 0 aromatic heterocycles. The van der Waals surface area contributed by atoms with Crippen LogP contribution in [0.4, 0.5) is 11.4 Å². The Hall–Kier alpha value is -2.34. The number of benzene rings is 2. The Morgan fingerprint density at radius 3 is 2.48 bits per heavy atom. The van der Waals surface area contributed by atoms with Gasteiger partial charge in [0, 0.05) is 16.9 Å². The van der Waals surface area contributed by atoms with E-state index in [2.05, 4.69) is 4.72 Å². The highest BCUT2D eigenvalue weighted by Crippen LogP contribution is 2.20. The van der Waals surface area contributed by atoms with Gasteiger partial charge in [-0.1, -0.05) is 12.1 Å². The number of nitrogens with two attached hydrogens (primary N) is 1. The second-order valence-electron chi connectivity index (χ2n) is 4.76. The van der Waals surface area contributed by atoms with Gasteiger partial charge >= 0.3 is 0 Å². The third-order valence-corrected chi connectivity index (χ3v) is 4.45. The highest BCUT2D eigenvalue weighted by atomic mass is 32.2. The maximum Gasteiger partial charge on any atom is 0.261 e. The molecule has 0 aliphatic carbocycles. The second kappa shape index (κ2) is 5.57. The van der Waals surface area contributed by atoms with Crippen LogP contribution in [0.2, 0.25) is 0 Å². The Labute approximate surface area is 123 Å². The van der Waals surface area contributed by atoms with Crippen LogP contribution in [-0.2, 0) is 10.0 Å². The molecule has 0 heterocycles. The van der Waals surface area contributed by atoms with Crippen LogP contribution in [0.3, 0.4) is 0 Å². The zero-order chi connectivity index (χ0) is 15.6. The number of rotatable bonds is 4. The first-order valence-electron chi connectivity index (χ1n) is 6.29. The Balaban J connectivity index is 2.35. The number of Topliss-reactive ketones (excluding diaryl/α,β-unsaturated/α-hetero) is 1. The Bertz CT molecular complexity index is 798. The zero-order valence-corrected chi connectivity index (χ0v) is 12.6. The van der Waals surface area contributed by atoms with E-state index in [-0.39, 0.29) is 10.7 Å². The predicted molar refractivity (Wildman–Crippen MR) is 82.8 cm³/mol. The van der Waals surface area contributed by atoms with Crippen LogP contribution < -0.4 is 10.5 Å². The van der Waals surface area contributed by atoms with Gasteiger partial charge in [0.25, 0.3) is 10.0 Å². The Kier molecular flexibility index (Phi) is 3.99. The lowest BCUT2D eigenvalue weighted by Crippen LogP contribution is -2.13. The van der Waals surface area contributed by atoms with E-state index in [0.29, 0.717) is 22.5 Å². The minimum Gasteiger partial charge on any atom is -0.399 e. The van der Waals surface area contributed by atoms with E-state index in [1.54, 1.807) is 31.2 Å². The summed E-state index contributed by atoms with van der Waals surface area (Å²) in [5, 5.41) is 0. The molecule has 2 rings (SSSR count). The van der Waals surface area contributed by atoms with Gasteiger partial charge < -0.3 is 5.73 Å². The predicted octanol–water partition coefficient (Wildman–Crippen LogP) is 2.58. The molecule has 5 nitrogen and oxygen atoms in total. The van der Waals surface area contributed by atoms with Crippen LogP contribution in [0, 0.1) is 6.92 Å². The van der Waals surface area contributed by atoms with Crippen LogP contribution in [0.25, 0.3) is 0 Å². The van der Waals surface area contributed by atoms with E-state index in [9.17, 15) is 13.2 Å². The molecule has 0 saturated carbocycles. The Morgan fingerprint density at radius 1 is 1.14 bits per heavy atom. The fourth-order valence-corrected chi connectivity index (χ4v) is 2.97. The first kappa shape index (κ1) is 15.1. The molecule has 0 amide bonds. The maximum absolute atomic E-state index is 12.3. The first-order chi connectivity index (χ1) is 9.79. The van der Waals surface area contributed by atoms with E-state index < -0.39 is 10.0 Å². The molecule has 0 spiro atoms. The number of sulfonamides is 1. The molecule has 0 radical (unpaired) electrons. The second-order valence-corrected chi connectivity index (χ2v) is 6.44. The summed E-state index contributed by atoms with van der Waals surface area (Å²) in [7, 11) is -3.71. The van der Waals surface area contributed by atoms with Crippen molar-refractivity contribution in [2.45, 2.75) is 18.7 Å². The van der Waals surface area contributed by atoms with Gasteiger partial charge in [-0.2, -0.15) is 0 Å². The van der Waals surface area contributed by atoms with Crippen LogP contribution >= 0.6 is 0 Å². The molecular formula is C15H16N2O3S. The summed E-state index contributed by atoms with van der Waals surface area (Å²) in [6, 6.07) is 10.9. The van der Waals surface area contributed by atoms with Crippen molar-refractivity contribution in [3.05, 3.63) is 53.6 Å². The van der Waals surface area contributed by atoms with Gasteiger partial charge in [-0.15, -0.1) is 0 Å². The summed E-state index contributed by atoms with van der Waals surface area (Å²) in [6.45, 7) is 3.17. The van der Waals surface area contributed by atoms with Gasteiger partial charge in [-0.25, -0.2) is 8.42 Å². The molecule has 0 bridgehead atoms. The van der Waals surface area contributed by atoms with Crippen LogP contribution in [-0.4, -0.2) is 14.2 Å². The number of carbonyl (C=O) groups excluding carboxylic acids is 1. The lowest BCUT2D eigenvalue weighted by molar-refractivity contribution is 0.101. The summed E-state index contributed by atoms with van der Waals surface area (Å²) in [4.78, 5) is 11.5. The van der Waals surface area contributed by atoms with Crippen molar-refractivity contribution in [1.82, 2.24) is 0 Å². The smallest absolute Gasteiger partial charge is 0.261 e. The van der Waals surface area contributed by atoms with E-state index in [1.807, 2.05) is 0 Å². The fraction of sp³-hybridized carbons (Fsp3) is 0.133. The molecule has 6 heteroatoms. The van der Waals surface area contributed by atoms with Crippen molar-refractivity contribution in [2.75, 3.05) is 10.5 Å². The number of hydrogen-bond acceptors (Lipinski definition) is 4. The van der Waals surface area contributed by atoms with E-state index in [4.69, 9.17) is 5.73 Å². The molecule has 110 valence electrons. The number of carbonyl (C=O) groups is 1. The van der Waals surface area contributed by atoms with E-state index in [0.717, 1.165) is 0 Å². The van der Waals surface area contributed by atoms with Crippen molar-refractivity contribution in [2.24, 2.45) is 0 Å². The third-order valence-electron chi connectivity index (χ3n) is 3.07. The van der Waals surface area contributed by atoms with Crippen molar-refractivity contribution in [1.29, 1.82) is 0 Å². The molecule has 0 saturated heterocycles. The molecule has 0 atom stereocenters. The lowest BCUT2D eigenvalue weighted by atomic mass is 10.1. The first-order valence-corrected chi connectivity index (χ1v) is 7.78.